The molecule has 108 valence electrons. The molecular formula is C14H23FN2O2. The van der Waals surface area contributed by atoms with Gasteiger partial charge in [0.1, 0.15) is 5.82 Å². The van der Waals surface area contributed by atoms with Gasteiger partial charge >= 0.3 is 0 Å². The van der Waals surface area contributed by atoms with Crippen LogP contribution in [-0.2, 0) is 9.47 Å². The number of benzene rings is 1. The van der Waals surface area contributed by atoms with Gasteiger partial charge in [-0.1, -0.05) is 18.2 Å². The molecule has 5 heteroatoms. The van der Waals surface area contributed by atoms with Crippen LogP contribution in [0.5, 0.6) is 0 Å². The molecule has 0 aliphatic heterocycles. The fourth-order valence-electron chi connectivity index (χ4n) is 2.06. The van der Waals surface area contributed by atoms with Crippen molar-refractivity contribution in [1.82, 2.24) is 4.90 Å². The van der Waals surface area contributed by atoms with Crippen molar-refractivity contribution in [3.8, 4) is 0 Å². The lowest BCUT2D eigenvalue weighted by atomic mass is 10.0. The first-order chi connectivity index (χ1) is 9.24. The summed E-state index contributed by atoms with van der Waals surface area (Å²) in [5.74, 6) is -0.224. The van der Waals surface area contributed by atoms with Gasteiger partial charge in [-0.2, -0.15) is 0 Å². The highest BCUT2D eigenvalue weighted by Gasteiger charge is 2.21. The van der Waals surface area contributed by atoms with E-state index >= 15 is 0 Å². The number of rotatable bonds is 9. The SMILES string of the molecule is COCCN(CCOC)C(CN)c1ccccc1F. The summed E-state index contributed by atoms with van der Waals surface area (Å²) in [6.07, 6.45) is 0. The van der Waals surface area contributed by atoms with Gasteiger partial charge in [-0.05, 0) is 6.07 Å². The van der Waals surface area contributed by atoms with Gasteiger partial charge in [0.05, 0.1) is 19.3 Å². The van der Waals surface area contributed by atoms with Crippen molar-refractivity contribution in [3.05, 3.63) is 35.6 Å². The highest BCUT2D eigenvalue weighted by molar-refractivity contribution is 5.21. The molecular weight excluding hydrogens is 247 g/mol. The summed E-state index contributed by atoms with van der Waals surface area (Å²) in [6, 6.07) is 6.58. The quantitative estimate of drug-likeness (QED) is 0.737. The largest absolute Gasteiger partial charge is 0.383 e. The summed E-state index contributed by atoms with van der Waals surface area (Å²) in [5, 5.41) is 0. The molecule has 1 atom stereocenters. The number of hydrogen-bond donors (Lipinski definition) is 1. The molecule has 0 saturated carbocycles. The molecule has 0 heterocycles. The van der Waals surface area contributed by atoms with Crippen molar-refractivity contribution < 1.29 is 13.9 Å². The molecule has 0 fully saturated rings. The third-order valence-corrected chi connectivity index (χ3v) is 3.09. The standard InChI is InChI=1S/C14H23FN2O2/c1-18-9-7-17(8-10-19-2)14(11-16)12-5-3-4-6-13(12)15/h3-6,14H,7-11,16H2,1-2H3. The first-order valence-corrected chi connectivity index (χ1v) is 6.41. The van der Waals surface area contributed by atoms with Crippen molar-refractivity contribution in [2.45, 2.75) is 6.04 Å². The number of ether oxygens (including phenoxy) is 2. The van der Waals surface area contributed by atoms with E-state index in [0.29, 0.717) is 38.4 Å². The van der Waals surface area contributed by atoms with Gasteiger partial charge in [0, 0.05) is 39.4 Å². The molecule has 0 aliphatic carbocycles. The maximum Gasteiger partial charge on any atom is 0.128 e. The van der Waals surface area contributed by atoms with E-state index in [1.165, 1.54) is 6.07 Å². The lowest BCUT2D eigenvalue weighted by molar-refractivity contribution is 0.0880. The Morgan fingerprint density at radius 3 is 2.21 bits per heavy atom. The molecule has 19 heavy (non-hydrogen) atoms. The predicted molar refractivity (Wildman–Crippen MR) is 73.5 cm³/mol. The minimum Gasteiger partial charge on any atom is -0.383 e. The second-order valence-electron chi connectivity index (χ2n) is 4.29. The van der Waals surface area contributed by atoms with Crippen molar-refractivity contribution >= 4 is 0 Å². The van der Waals surface area contributed by atoms with Gasteiger partial charge in [0.25, 0.3) is 0 Å². The van der Waals surface area contributed by atoms with Gasteiger partial charge in [0.15, 0.2) is 0 Å². The van der Waals surface area contributed by atoms with Crippen LogP contribution in [0.4, 0.5) is 4.39 Å². The van der Waals surface area contributed by atoms with Crippen LogP contribution in [0.25, 0.3) is 0 Å². The maximum absolute atomic E-state index is 13.9. The summed E-state index contributed by atoms with van der Waals surface area (Å²) in [4.78, 5) is 2.09. The normalized spacial score (nSPS) is 12.9. The van der Waals surface area contributed by atoms with Crippen LogP contribution < -0.4 is 5.73 Å². The minimum absolute atomic E-state index is 0.161. The smallest absolute Gasteiger partial charge is 0.128 e. The van der Waals surface area contributed by atoms with Crippen molar-refractivity contribution in [2.24, 2.45) is 5.73 Å². The molecule has 0 aromatic heterocycles. The molecule has 2 N–H and O–H groups in total. The Bertz CT molecular complexity index is 355. The van der Waals surface area contributed by atoms with Gasteiger partial charge in [-0.15, -0.1) is 0 Å². The minimum atomic E-state index is -0.224. The average Bonchev–Trinajstić information content (AvgIpc) is 2.43. The van der Waals surface area contributed by atoms with Crippen LogP contribution in [0.1, 0.15) is 11.6 Å². The number of halogens is 1. The van der Waals surface area contributed by atoms with Gasteiger partial charge in [-0.3, -0.25) is 4.90 Å². The van der Waals surface area contributed by atoms with Crippen LogP contribution in [0.15, 0.2) is 24.3 Å². The summed E-state index contributed by atoms with van der Waals surface area (Å²) in [5.41, 5.74) is 6.45. The third kappa shape index (κ3) is 4.87. The summed E-state index contributed by atoms with van der Waals surface area (Å²) in [6.45, 7) is 2.89. The highest BCUT2D eigenvalue weighted by Crippen LogP contribution is 2.22. The third-order valence-electron chi connectivity index (χ3n) is 3.09. The molecule has 4 nitrogen and oxygen atoms in total. The van der Waals surface area contributed by atoms with Gasteiger partial charge in [0.2, 0.25) is 0 Å². The van der Waals surface area contributed by atoms with E-state index in [-0.39, 0.29) is 11.9 Å². The Labute approximate surface area is 114 Å². The zero-order chi connectivity index (χ0) is 14.1. The van der Waals surface area contributed by atoms with Crippen LogP contribution in [0.2, 0.25) is 0 Å². The monoisotopic (exact) mass is 270 g/mol. The van der Waals surface area contributed by atoms with Crippen LogP contribution in [-0.4, -0.2) is 52.0 Å². The lowest BCUT2D eigenvalue weighted by Crippen LogP contribution is -2.38. The van der Waals surface area contributed by atoms with E-state index in [2.05, 4.69) is 4.90 Å². The van der Waals surface area contributed by atoms with Crippen molar-refractivity contribution in [1.29, 1.82) is 0 Å². The molecule has 0 aliphatic rings. The Kier molecular flexibility index (Phi) is 7.59. The van der Waals surface area contributed by atoms with Crippen LogP contribution >= 0.6 is 0 Å². The molecule has 0 bridgehead atoms. The molecule has 0 spiro atoms. The molecule has 0 radical (unpaired) electrons. The number of methoxy groups -OCH3 is 2. The molecule has 0 amide bonds. The predicted octanol–water partition coefficient (Wildman–Crippen LogP) is 1.42. The fraction of sp³-hybridized carbons (Fsp3) is 0.571. The number of nitrogens with zero attached hydrogens (tertiary/aromatic N) is 1. The Balaban J connectivity index is 2.85. The number of nitrogens with two attached hydrogens (primary N) is 1. The second kappa shape index (κ2) is 8.98. The van der Waals surface area contributed by atoms with E-state index in [0.717, 1.165) is 0 Å². The van der Waals surface area contributed by atoms with Gasteiger partial charge < -0.3 is 15.2 Å². The zero-order valence-electron chi connectivity index (χ0n) is 11.6. The van der Waals surface area contributed by atoms with Crippen molar-refractivity contribution in [3.63, 3.8) is 0 Å². The number of hydrogen-bond acceptors (Lipinski definition) is 4. The molecule has 1 aromatic rings. The van der Waals surface area contributed by atoms with E-state index in [1.54, 1.807) is 26.4 Å². The van der Waals surface area contributed by atoms with E-state index in [4.69, 9.17) is 15.2 Å². The first kappa shape index (κ1) is 16.0. The fourth-order valence-corrected chi connectivity index (χ4v) is 2.06. The Hall–Kier alpha value is -1.01. The second-order valence-corrected chi connectivity index (χ2v) is 4.29. The summed E-state index contributed by atoms with van der Waals surface area (Å²) < 4.78 is 24.1. The zero-order valence-corrected chi connectivity index (χ0v) is 11.6. The lowest BCUT2D eigenvalue weighted by Gasteiger charge is -2.31. The highest BCUT2D eigenvalue weighted by atomic mass is 19.1. The van der Waals surface area contributed by atoms with Crippen LogP contribution in [0.3, 0.4) is 0 Å². The van der Waals surface area contributed by atoms with E-state index < -0.39 is 0 Å². The van der Waals surface area contributed by atoms with Gasteiger partial charge in [-0.25, -0.2) is 4.39 Å². The molecule has 1 aromatic carbocycles. The van der Waals surface area contributed by atoms with E-state index in [9.17, 15) is 4.39 Å². The summed E-state index contributed by atoms with van der Waals surface area (Å²) in [7, 11) is 3.30. The topological polar surface area (TPSA) is 47.7 Å². The molecule has 1 unspecified atom stereocenters. The molecule has 0 saturated heterocycles. The summed E-state index contributed by atoms with van der Waals surface area (Å²) >= 11 is 0. The average molecular weight is 270 g/mol. The van der Waals surface area contributed by atoms with Crippen LogP contribution in [0, 0.1) is 5.82 Å². The first-order valence-electron chi connectivity index (χ1n) is 6.41. The Morgan fingerprint density at radius 2 is 1.74 bits per heavy atom. The van der Waals surface area contributed by atoms with E-state index in [1.807, 2.05) is 6.07 Å². The maximum atomic E-state index is 13.9. The van der Waals surface area contributed by atoms with Crippen molar-refractivity contribution in [2.75, 3.05) is 47.1 Å². The molecule has 1 rings (SSSR count). The Morgan fingerprint density at radius 1 is 1.16 bits per heavy atom.